The molecule has 0 aliphatic carbocycles. The Morgan fingerprint density at radius 2 is 2.45 bits per heavy atom. The molecule has 0 radical (unpaired) electrons. The van der Waals surface area contributed by atoms with Crippen LogP contribution in [0.3, 0.4) is 0 Å². The molecule has 0 bridgehead atoms. The standard InChI is InChI=1S/C9H18N2/c1-9-4-2-6-11(8-9)7-3-5-10/h4H,2-3,5-8,10H2,1H3. The lowest BCUT2D eigenvalue weighted by atomic mass is 10.1. The fourth-order valence-electron chi connectivity index (χ4n) is 1.50. The summed E-state index contributed by atoms with van der Waals surface area (Å²) in [6, 6.07) is 0. The quantitative estimate of drug-likeness (QED) is 0.614. The Labute approximate surface area is 69.1 Å². The summed E-state index contributed by atoms with van der Waals surface area (Å²) in [4.78, 5) is 2.47. The van der Waals surface area contributed by atoms with E-state index in [1.807, 2.05) is 0 Å². The van der Waals surface area contributed by atoms with Gasteiger partial charge in [0.2, 0.25) is 0 Å². The molecule has 0 aromatic carbocycles. The van der Waals surface area contributed by atoms with Gasteiger partial charge in [-0.25, -0.2) is 0 Å². The van der Waals surface area contributed by atoms with E-state index in [-0.39, 0.29) is 0 Å². The van der Waals surface area contributed by atoms with Crippen molar-refractivity contribution < 1.29 is 0 Å². The van der Waals surface area contributed by atoms with Crippen molar-refractivity contribution >= 4 is 0 Å². The second kappa shape index (κ2) is 4.52. The topological polar surface area (TPSA) is 29.3 Å². The number of nitrogens with two attached hydrogens (primary N) is 1. The first kappa shape index (κ1) is 8.75. The van der Waals surface area contributed by atoms with Gasteiger partial charge in [-0.1, -0.05) is 11.6 Å². The molecule has 0 aromatic rings. The molecule has 0 fully saturated rings. The summed E-state index contributed by atoms with van der Waals surface area (Å²) in [5.74, 6) is 0. The first-order valence-electron chi connectivity index (χ1n) is 4.41. The lowest BCUT2D eigenvalue weighted by molar-refractivity contribution is 0.288. The van der Waals surface area contributed by atoms with Crippen LogP contribution in [0.5, 0.6) is 0 Å². The molecule has 64 valence electrons. The Bertz CT molecular complexity index is 140. The SMILES string of the molecule is CC1=CCCN(CCCN)C1. The van der Waals surface area contributed by atoms with E-state index in [0.29, 0.717) is 0 Å². The van der Waals surface area contributed by atoms with Gasteiger partial charge >= 0.3 is 0 Å². The van der Waals surface area contributed by atoms with Gasteiger partial charge in [0.1, 0.15) is 0 Å². The van der Waals surface area contributed by atoms with Crippen LogP contribution in [0.15, 0.2) is 11.6 Å². The normalized spacial score (nSPS) is 20.0. The maximum atomic E-state index is 5.44. The molecule has 11 heavy (non-hydrogen) atoms. The molecule has 0 saturated heterocycles. The highest BCUT2D eigenvalue weighted by Gasteiger charge is 2.07. The third-order valence-electron chi connectivity index (χ3n) is 2.09. The average molecular weight is 154 g/mol. The van der Waals surface area contributed by atoms with Crippen LogP contribution in [0.1, 0.15) is 19.8 Å². The van der Waals surface area contributed by atoms with Crippen LogP contribution in [0, 0.1) is 0 Å². The van der Waals surface area contributed by atoms with Gasteiger partial charge in [0.15, 0.2) is 0 Å². The van der Waals surface area contributed by atoms with E-state index in [1.54, 1.807) is 0 Å². The number of hydrogen-bond donors (Lipinski definition) is 1. The molecule has 0 atom stereocenters. The molecule has 0 aromatic heterocycles. The fourth-order valence-corrected chi connectivity index (χ4v) is 1.50. The maximum Gasteiger partial charge on any atom is 0.0190 e. The summed E-state index contributed by atoms with van der Waals surface area (Å²) in [5, 5.41) is 0. The van der Waals surface area contributed by atoms with Crippen LogP contribution in [0.25, 0.3) is 0 Å². The monoisotopic (exact) mass is 154 g/mol. The zero-order valence-electron chi connectivity index (χ0n) is 7.34. The van der Waals surface area contributed by atoms with Gasteiger partial charge in [0.25, 0.3) is 0 Å². The third kappa shape index (κ3) is 3.04. The summed E-state index contributed by atoms with van der Waals surface area (Å²) >= 11 is 0. The van der Waals surface area contributed by atoms with Crippen LogP contribution < -0.4 is 5.73 Å². The van der Waals surface area contributed by atoms with Crippen molar-refractivity contribution in [3.63, 3.8) is 0 Å². The lowest BCUT2D eigenvalue weighted by Crippen LogP contribution is -2.31. The number of rotatable bonds is 3. The van der Waals surface area contributed by atoms with Crippen molar-refractivity contribution in [3.8, 4) is 0 Å². The van der Waals surface area contributed by atoms with E-state index >= 15 is 0 Å². The van der Waals surface area contributed by atoms with E-state index in [9.17, 15) is 0 Å². The van der Waals surface area contributed by atoms with Gasteiger partial charge < -0.3 is 5.73 Å². The smallest absolute Gasteiger partial charge is 0.0190 e. The highest BCUT2D eigenvalue weighted by molar-refractivity contribution is 5.04. The van der Waals surface area contributed by atoms with E-state index < -0.39 is 0 Å². The van der Waals surface area contributed by atoms with Gasteiger partial charge in [-0.05, 0) is 32.9 Å². The first-order chi connectivity index (χ1) is 5.33. The summed E-state index contributed by atoms with van der Waals surface area (Å²) in [6.07, 6.45) is 4.68. The van der Waals surface area contributed by atoms with Crippen molar-refractivity contribution in [2.75, 3.05) is 26.2 Å². The molecule has 0 saturated carbocycles. The summed E-state index contributed by atoms with van der Waals surface area (Å²) in [6.45, 7) is 6.56. The lowest BCUT2D eigenvalue weighted by Gasteiger charge is -2.25. The van der Waals surface area contributed by atoms with Crippen molar-refractivity contribution in [2.24, 2.45) is 5.73 Å². The van der Waals surface area contributed by atoms with E-state index in [1.165, 1.54) is 25.1 Å². The van der Waals surface area contributed by atoms with Gasteiger partial charge in [-0.15, -0.1) is 0 Å². The Morgan fingerprint density at radius 3 is 3.09 bits per heavy atom. The molecule has 0 unspecified atom stereocenters. The predicted molar refractivity (Wildman–Crippen MR) is 48.5 cm³/mol. The minimum Gasteiger partial charge on any atom is -0.330 e. The maximum absolute atomic E-state index is 5.44. The molecule has 1 rings (SSSR count). The number of nitrogens with zero attached hydrogens (tertiary/aromatic N) is 1. The molecule has 2 heteroatoms. The first-order valence-corrected chi connectivity index (χ1v) is 4.41. The van der Waals surface area contributed by atoms with Gasteiger partial charge in [0, 0.05) is 13.1 Å². The molecule has 2 N–H and O–H groups in total. The molecule has 0 amide bonds. The molecule has 1 heterocycles. The van der Waals surface area contributed by atoms with Crippen molar-refractivity contribution in [2.45, 2.75) is 19.8 Å². The molecular weight excluding hydrogens is 136 g/mol. The zero-order chi connectivity index (χ0) is 8.10. The molecule has 1 aliphatic heterocycles. The predicted octanol–water partition coefficient (Wildman–Crippen LogP) is 0.987. The summed E-state index contributed by atoms with van der Waals surface area (Å²) < 4.78 is 0. The zero-order valence-corrected chi connectivity index (χ0v) is 7.34. The Balaban J connectivity index is 2.21. The third-order valence-corrected chi connectivity index (χ3v) is 2.09. The van der Waals surface area contributed by atoms with Crippen molar-refractivity contribution in [3.05, 3.63) is 11.6 Å². The highest BCUT2D eigenvalue weighted by Crippen LogP contribution is 2.08. The van der Waals surface area contributed by atoms with Crippen LogP contribution in [-0.4, -0.2) is 31.1 Å². The summed E-state index contributed by atoms with van der Waals surface area (Å²) in [5.41, 5.74) is 6.95. The summed E-state index contributed by atoms with van der Waals surface area (Å²) in [7, 11) is 0. The fraction of sp³-hybridized carbons (Fsp3) is 0.778. The van der Waals surface area contributed by atoms with Crippen LogP contribution >= 0.6 is 0 Å². The van der Waals surface area contributed by atoms with Crippen LogP contribution in [0.4, 0.5) is 0 Å². The minimum atomic E-state index is 0.819. The second-order valence-electron chi connectivity index (χ2n) is 3.26. The Kier molecular flexibility index (Phi) is 3.60. The van der Waals surface area contributed by atoms with Crippen LogP contribution in [-0.2, 0) is 0 Å². The largest absolute Gasteiger partial charge is 0.330 e. The number of hydrogen-bond acceptors (Lipinski definition) is 2. The van der Waals surface area contributed by atoms with E-state index in [4.69, 9.17) is 5.73 Å². The minimum absolute atomic E-state index is 0.819. The van der Waals surface area contributed by atoms with Gasteiger partial charge in [-0.2, -0.15) is 0 Å². The molecule has 1 aliphatic rings. The molecule has 2 nitrogen and oxygen atoms in total. The molecular formula is C9H18N2. The Hall–Kier alpha value is -0.340. The van der Waals surface area contributed by atoms with Gasteiger partial charge in [0.05, 0.1) is 0 Å². The van der Waals surface area contributed by atoms with Crippen molar-refractivity contribution in [1.29, 1.82) is 0 Å². The highest BCUT2D eigenvalue weighted by atomic mass is 15.1. The van der Waals surface area contributed by atoms with E-state index in [0.717, 1.165) is 19.5 Å². The van der Waals surface area contributed by atoms with Crippen LogP contribution in [0.2, 0.25) is 0 Å². The second-order valence-corrected chi connectivity index (χ2v) is 3.26. The Morgan fingerprint density at radius 1 is 1.64 bits per heavy atom. The van der Waals surface area contributed by atoms with E-state index in [2.05, 4.69) is 17.9 Å². The van der Waals surface area contributed by atoms with Gasteiger partial charge in [-0.3, -0.25) is 4.90 Å². The van der Waals surface area contributed by atoms with Crippen molar-refractivity contribution in [1.82, 2.24) is 4.90 Å². The average Bonchev–Trinajstić information content (AvgIpc) is 2.01. The molecule has 0 spiro atoms.